The zero-order chi connectivity index (χ0) is 12.3. The maximum atomic E-state index is 11.1. The summed E-state index contributed by atoms with van der Waals surface area (Å²) in [4.78, 5) is 0. The molecule has 4 nitrogen and oxygen atoms in total. The molecule has 1 aromatic carbocycles. The molecule has 0 aromatic heterocycles. The van der Waals surface area contributed by atoms with E-state index in [9.17, 15) is 8.42 Å². The minimum Gasteiger partial charge on any atom is -0.491 e. The molecule has 1 aromatic rings. The van der Waals surface area contributed by atoms with Crippen molar-refractivity contribution in [2.45, 2.75) is 32.1 Å². The minimum atomic E-state index is -3.53. The summed E-state index contributed by atoms with van der Waals surface area (Å²) in [6.45, 7) is 5.43. The van der Waals surface area contributed by atoms with Crippen molar-refractivity contribution in [1.82, 2.24) is 0 Å². The number of hydrogen-bond acceptors (Lipinski definition) is 3. The van der Waals surface area contributed by atoms with Gasteiger partial charge >= 0.3 is 0 Å². The molecule has 0 spiro atoms. The number of sulfonamides is 1. The summed E-state index contributed by atoms with van der Waals surface area (Å²) in [5.41, 5.74) is 0.665. The van der Waals surface area contributed by atoms with Crippen LogP contribution in [0.25, 0.3) is 0 Å². The van der Waals surface area contributed by atoms with Crippen molar-refractivity contribution < 1.29 is 13.2 Å². The van der Waals surface area contributed by atoms with Crippen LogP contribution in [0.1, 0.15) is 31.6 Å². The van der Waals surface area contributed by atoms with Crippen LogP contribution < -0.4 is 9.88 Å². The Hall–Kier alpha value is -1.07. The molecule has 0 aliphatic carbocycles. The first-order chi connectivity index (χ1) is 7.30. The van der Waals surface area contributed by atoms with Crippen LogP contribution in [0, 0.1) is 0 Å². The first-order valence-electron chi connectivity index (χ1n) is 5.09. The molecule has 1 rings (SSSR count). The van der Waals surface area contributed by atoms with E-state index >= 15 is 0 Å². The van der Waals surface area contributed by atoms with E-state index in [1.54, 1.807) is 31.2 Å². The first kappa shape index (κ1) is 13.0. The van der Waals surface area contributed by atoms with Crippen LogP contribution in [-0.2, 0) is 10.0 Å². The van der Waals surface area contributed by atoms with Gasteiger partial charge in [-0.3, -0.25) is 0 Å². The molecule has 16 heavy (non-hydrogen) atoms. The first-order valence-corrected chi connectivity index (χ1v) is 6.70. The summed E-state index contributed by atoms with van der Waals surface area (Å²) in [5.74, 6) is 0.723. The SMILES string of the molecule is CC(C)Oc1ccc(C(C)S(N)(=O)=O)cc1. The number of primary sulfonamides is 1. The Morgan fingerprint density at radius 1 is 1.12 bits per heavy atom. The summed E-state index contributed by atoms with van der Waals surface area (Å²) < 4.78 is 27.7. The summed E-state index contributed by atoms with van der Waals surface area (Å²) >= 11 is 0. The molecule has 1 atom stereocenters. The molecule has 5 heteroatoms. The van der Waals surface area contributed by atoms with Gasteiger partial charge in [0.15, 0.2) is 0 Å². The molecule has 0 fully saturated rings. The Balaban J connectivity index is 2.87. The van der Waals surface area contributed by atoms with E-state index in [0.29, 0.717) is 5.56 Å². The average molecular weight is 243 g/mol. The number of rotatable bonds is 4. The minimum absolute atomic E-state index is 0.0986. The lowest BCUT2D eigenvalue weighted by Gasteiger charge is -2.12. The van der Waals surface area contributed by atoms with Crippen LogP contribution in [0.5, 0.6) is 5.75 Å². The highest BCUT2D eigenvalue weighted by atomic mass is 32.2. The topological polar surface area (TPSA) is 69.4 Å². The van der Waals surface area contributed by atoms with Gasteiger partial charge in [0.2, 0.25) is 10.0 Å². The van der Waals surface area contributed by atoms with E-state index in [1.807, 2.05) is 13.8 Å². The molecular weight excluding hydrogens is 226 g/mol. The lowest BCUT2D eigenvalue weighted by molar-refractivity contribution is 0.242. The zero-order valence-corrected chi connectivity index (χ0v) is 10.5. The third-order valence-corrected chi connectivity index (χ3v) is 3.47. The van der Waals surface area contributed by atoms with Crippen LogP contribution in [0.3, 0.4) is 0 Å². The highest BCUT2D eigenvalue weighted by Crippen LogP contribution is 2.22. The van der Waals surface area contributed by atoms with Crippen molar-refractivity contribution in [3.63, 3.8) is 0 Å². The van der Waals surface area contributed by atoms with E-state index in [4.69, 9.17) is 9.88 Å². The highest BCUT2D eigenvalue weighted by molar-refractivity contribution is 7.89. The molecule has 0 aliphatic heterocycles. The third kappa shape index (κ3) is 3.50. The van der Waals surface area contributed by atoms with Crippen molar-refractivity contribution >= 4 is 10.0 Å². The Morgan fingerprint density at radius 2 is 1.62 bits per heavy atom. The largest absolute Gasteiger partial charge is 0.491 e. The number of benzene rings is 1. The van der Waals surface area contributed by atoms with Gasteiger partial charge in [-0.05, 0) is 38.5 Å². The lowest BCUT2D eigenvalue weighted by atomic mass is 10.1. The molecule has 0 amide bonds. The maximum Gasteiger partial charge on any atom is 0.215 e. The Labute approximate surface area is 96.5 Å². The van der Waals surface area contributed by atoms with E-state index in [0.717, 1.165) is 5.75 Å². The van der Waals surface area contributed by atoms with Crippen molar-refractivity contribution in [2.75, 3.05) is 0 Å². The summed E-state index contributed by atoms with van der Waals surface area (Å²) in [6, 6.07) is 6.92. The van der Waals surface area contributed by atoms with E-state index in [-0.39, 0.29) is 6.10 Å². The normalized spacial score (nSPS) is 13.8. The second-order valence-corrected chi connectivity index (χ2v) is 5.85. The van der Waals surface area contributed by atoms with Gasteiger partial charge in [0.05, 0.1) is 11.4 Å². The van der Waals surface area contributed by atoms with Crippen LogP contribution in [0.15, 0.2) is 24.3 Å². The van der Waals surface area contributed by atoms with Crippen molar-refractivity contribution in [1.29, 1.82) is 0 Å². The fourth-order valence-electron chi connectivity index (χ4n) is 1.28. The van der Waals surface area contributed by atoms with Crippen molar-refractivity contribution in [2.24, 2.45) is 5.14 Å². The van der Waals surface area contributed by atoms with Crippen LogP contribution in [0.2, 0.25) is 0 Å². The van der Waals surface area contributed by atoms with Gasteiger partial charge in [-0.15, -0.1) is 0 Å². The second kappa shape index (κ2) is 4.84. The quantitative estimate of drug-likeness (QED) is 0.877. The second-order valence-electron chi connectivity index (χ2n) is 3.97. The smallest absolute Gasteiger partial charge is 0.215 e. The van der Waals surface area contributed by atoms with Gasteiger partial charge in [0.25, 0.3) is 0 Å². The van der Waals surface area contributed by atoms with Crippen molar-refractivity contribution in [3.8, 4) is 5.75 Å². The standard InChI is InChI=1S/C11H17NO3S/c1-8(2)15-11-6-4-10(5-7-11)9(3)16(12,13)14/h4-9H,1-3H3,(H2,12,13,14). The Morgan fingerprint density at radius 3 is 2.00 bits per heavy atom. The predicted molar refractivity (Wildman–Crippen MR) is 63.7 cm³/mol. The molecule has 90 valence electrons. The summed E-state index contributed by atoms with van der Waals surface area (Å²) in [7, 11) is -3.53. The molecule has 0 aliphatic rings. The Kier molecular flexibility index (Phi) is 3.93. The number of ether oxygens (including phenoxy) is 1. The van der Waals surface area contributed by atoms with Gasteiger partial charge < -0.3 is 4.74 Å². The zero-order valence-electron chi connectivity index (χ0n) is 9.67. The molecular formula is C11H17NO3S. The van der Waals surface area contributed by atoms with Gasteiger partial charge in [0, 0.05) is 0 Å². The van der Waals surface area contributed by atoms with Gasteiger partial charge in [-0.2, -0.15) is 0 Å². The third-order valence-electron chi connectivity index (χ3n) is 2.21. The molecule has 2 N–H and O–H groups in total. The fraction of sp³-hybridized carbons (Fsp3) is 0.455. The van der Waals surface area contributed by atoms with Crippen molar-refractivity contribution in [3.05, 3.63) is 29.8 Å². The number of nitrogens with two attached hydrogens (primary N) is 1. The molecule has 0 radical (unpaired) electrons. The monoisotopic (exact) mass is 243 g/mol. The highest BCUT2D eigenvalue weighted by Gasteiger charge is 2.17. The van der Waals surface area contributed by atoms with E-state index in [2.05, 4.69) is 0 Å². The predicted octanol–water partition coefficient (Wildman–Crippen LogP) is 1.82. The maximum absolute atomic E-state index is 11.1. The molecule has 0 saturated heterocycles. The molecule has 0 saturated carbocycles. The van der Waals surface area contributed by atoms with Crippen LogP contribution >= 0.6 is 0 Å². The van der Waals surface area contributed by atoms with Crippen LogP contribution in [-0.4, -0.2) is 14.5 Å². The van der Waals surface area contributed by atoms with Gasteiger partial charge in [-0.25, -0.2) is 13.6 Å². The van der Waals surface area contributed by atoms with Crippen LogP contribution in [0.4, 0.5) is 0 Å². The Bertz CT molecular complexity index is 437. The molecule has 1 unspecified atom stereocenters. The van der Waals surface area contributed by atoms with E-state index < -0.39 is 15.3 Å². The van der Waals surface area contributed by atoms with E-state index in [1.165, 1.54) is 0 Å². The molecule has 0 heterocycles. The van der Waals surface area contributed by atoms with Gasteiger partial charge in [-0.1, -0.05) is 12.1 Å². The molecule has 0 bridgehead atoms. The summed E-state index contributed by atoms with van der Waals surface area (Å²) in [6.07, 6.45) is 0.0986. The van der Waals surface area contributed by atoms with Gasteiger partial charge in [0.1, 0.15) is 5.75 Å². The summed E-state index contributed by atoms with van der Waals surface area (Å²) in [5, 5.41) is 4.38. The fourth-order valence-corrected chi connectivity index (χ4v) is 1.82. The average Bonchev–Trinajstić information content (AvgIpc) is 2.15. The lowest BCUT2D eigenvalue weighted by Crippen LogP contribution is -2.19. The number of hydrogen-bond donors (Lipinski definition) is 1.